The molecule has 6 nitrogen and oxygen atoms in total. The predicted molar refractivity (Wildman–Crippen MR) is 468 cm³/mol. The first-order chi connectivity index (χ1) is 54.8. The van der Waals surface area contributed by atoms with E-state index < -0.39 is 0 Å². The van der Waals surface area contributed by atoms with E-state index in [0.29, 0.717) is 0 Å². The van der Waals surface area contributed by atoms with Gasteiger partial charge in [-0.25, -0.2) is 0 Å². The first kappa shape index (κ1) is 76.5. The average molecular weight is 1810 g/mol. The molecule has 2 aromatic heterocycles. The van der Waals surface area contributed by atoms with Crippen LogP contribution in [0, 0.1) is 12.1 Å². The summed E-state index contributed by atoms with van der Waals surface area (Å²) in [5, 5.41) is 27.3. The van der Waals surface area contributed by atoms with Crippen molar-refractivity contribution in [3.8, 4) is 44.8 Å². The molecule has 0 saturated heterocycles. The fourth-order valence-corrected chi connectivity index (χ4v) is 14.9. The van der Waals surface area contributed by atoms with E-state index in [2.05, 4.69) is 347 Å². The van der Waals surface area contributed by atoms with E-state index in [-0.39, 0.29) is 51.8 Å². The number of fused-ring (bicyclic) bond motifs is 5. The summed E-state index contributed by atoms with van der Waals surface area (Å²) in [7, 11) is 0. The smallest absolute Gasteiger partial charge is 0.155 e. The Morgan fingerprint density at radius 2 is 0.673 bits per heavy atom. The number of nitrogens with zero attached hydrogens (tertiary/aromatic N) is 4. The molecule has 113 heavy (non-hydrogen) atoms. The van der Waals surface area contributed by atoms with Crippen LogP contribution in [0.1, 0.15) is 13.8 Å². The van der Waals surface area contributed by atoms with Crippen molar-refractivity contribution in [1.29, 1.82) is 0 Å². The van der Waals surface area contributed by atoms with Crippen molar-refractivity contribution in [2.24, 2.45) is 0 Å². The van der Waals surface area contributed by atoms with E-state index in [0.717, 1.165) is 50.8 Å². The number of hydrogen-bond acceptors (Lipinski definition) is 6. The van der Waals surface area contributed by atoms with Crippen molar-refractivity contribution in [2.75, 3.05) is 9.80 Å². The van der Waals surface area contributed by atoms with E-state index >= 15 is 0 Å². The van der Waals surface area contributed by atoms with Crippen molar-refractivity contribution in [2.45, 2.75) is 13.8 Å². The van der Waals surface area contributed by atoms with Gasteiger partial charge in [-0.2, -0.15) is 0 Å². The molecule has 0 spiro atoms. The summed E-state index contributed by atoms with van der Waals surface area (Å²) in [5.74, 6) is -0.0625. The third-order valence-electron chi connectivity index (χ3n) is 19.8. The Labute approximate surface area is 686 Å². The molecule has 0 aliphatic heterocycles. The van der Waals surface area contributed by atoms with Gasteiger partial charge in [0.1, 0.15) is 0 Å². The predicted octanol–water partition coefficient (Wildman–Crippen LogP) is 28.4. The zero-order valence-electron chi connectivity index (χ0n) is 62.1. The van der Waals surface area contributed by atoms with Crippen LogP contribution in [0.4, 0.5) is 34.1 Å². The van der Waals surface area contributed by atoms with Crippen LogP contribution < -0.4 is 9.80 Å². The summed E-state index contributed by atoms with van der Waals surface area (Å²) in [6.45, 7) is 2.85. The van der Waals surface area contributed by atoms with Gasteiger partial charge in [0.25, 0.3) is 0 Å². The molecule has 0 bridgehead atoms. The minimum atomic E-state index is -0.125. The second-order valence-corrected chi connectivity index (χ2v) is 27.1. The summed E-state index contributed by atoms with van der Waals surface area (Å²) in [5.41, 5.74) is 17.1. The molecular weight excluding hydrogens is 1730 g/mol. The number of carbonyl (C=O) groups is 1. The molecule has 0 unspecified atom stereocenters. The Balaban J connectivity index is 0.000000132. The Morgan fingerprint density at radius 3 is 1.06 bits per heavy atom. The first-order valence-corrected chi connectivity index (χ1v) is 37.3. The third kappa shape index (κ3) is 17.0. The standard InChI is InChI=1S/C40H28N2.C34H22.C15H10N.C11H8N.C5H8O2.2Ir/c1-5-13-31(14-6-1)41(32-15-7-2-8-16-32)37-27-23-29-22-26-36-38(28-24-30-21-25-35(37)39(29)40(30)36)42(33-17-9-3-10-18-33)34-19-11-4-12-20-34;1-3-11-25-21-27(19-17-23(25)9-1)33-29-13-5-7-15-31(29)34(32-16-8-6-14-30(32)33)28-20-18-24-10-2-4-12-26(24)22-28;1-2-6-12(7-3-1)15-11-10-13-8-4-5-9-14(13)16-15;1-2-6-10(7-3-1)11-8-4-5-9-12-11;1-4(6)3-5(2)7;;/h1-28H;1-22H;1-6,8-11H;1-6,8-9H;3,6H,1-2H3;;/q;;2*-1;;;. The van der Waals surface area contributed by atoms with Crippen LogP contribution in [0.15, 0.2) is 424 Å². The number of hydrogen-bond donors (Lipinski definition) is 1. The number of benzene rings is 18. The Kier molecular flexibility index (Phi) is 24.4. The SMILES string of the molecule is CC(=O)C=C(C)O.[Ir].[Ir].[c-]1ccccc1-c1ccc2ccccc2n1.[c-]1ccccc1-c1ccccn1.c1ccc(N(c2ccccc2)c2ccc3ccc4c(N(c5ccccc5)c5ccccc5)ccc5ccc2c3c54)cc1.c1ccc2cc(-c3c4ccccc4c(-c4ccc5ccccc5c4)c4ccccc34)ccc2c1. The summed E-state index contributed by atoms with van der Waals surface area (Å²) in [6.07, 6.45) is 2.95. The van der Waals surface area contributed by atoms with Gasteiger partial charge < -0.3 is 19.9 Å². The summed E-state index contributed by atoms with van der Waals surface area (Å²) in [6, 6.07) is 150. The third-order valence-corrected chi connectivity index (χ3v) is 19.8. The molecule has 1 N–H and O–H groups in total. The summed E-state index contributed by atoms with van der Waals surface area (Å²) >= 11 is 0. The van der Waals surface area contributed by atoms with E-state index in [1.165, 1.54) is 134 Å². The summed E-state index contributed by atoms with van der Waals surface area (Å²) < 4.78 is 0. The van der Waals surface area contributed by atoms with Crippen LogP contribution in [0.25, 0.3) is 131 Å². The van der Waals surface area contributed by atoms with Crippen LogP contribution in [0.3, 0.4) is 0 Å². The zero-order valence-corrected chi connectivity index (χ0v) is 66.9. The van der Waals surface area contributed by atoms with Gasteiger partial charge in [0, 0.05) is 86.0 Å². The molecule has 0 fully saturated rings. The van der Waals surface area contributed by atoms with Crippen molar-refractivity contribution in [3.63, 3.8) is 0 Å². The van der Waals surface area contributed by atoms with E-state index in [4.69, 9.17) is 5.11 Å². The Bertz CT molecular complexity index is 6160. The van der Waals surface area contributed by atoms with Crippen LogP contribution in [0.5, 0.6) is 0 Å². The molecule has 2 heterocycles. The number of carbonyl (C=O) groups excluding carboxylic acids is 1. The van der Waals surface area contributed by atoms with Gasteiger partial charge in [0.2, 0.25) is 0 Å². The molecule has 2 radical (unpaired) electrons. The molecule has 0 aliphatic rings. The number of rotatable bonds is 11. The first-order valence-electron chi connectivity index (χ1n) is 37.3. The molecule has 8 heteroatoms. The molecule has 548 valence electrons. The van der Waals surface area contributed by atoms with Crippen molar-refractivity contribution in [3.05, 3.63) is 437 Å². The van der Waals surface area contributed by atoms with Gasteiger partial charge in [0.15, 0.2) is 5.78 Å². The molecule has 0 atom stereocenters. The molecule has 20 aromatic rings. The maximum absolute atomic E-state index is 10.0. The van der Waals surface area contributed by atoms with Crippen LogP contribution in [-0.2, 0) is 45.0 Å². The molecule has 0 saturated carbocycles. The van der Waals surface area contributed by atoms with Crippen molar-refractivity contribution in [1.82, 2.24) is 9.97 Å². The zero-order chi connectivity index (χ0) is 75.2. The maximum Gasteiger partial charge on any atom is 0.155 e. The molecular formula is C105H76Ir2N4O2-2. The topological polar surface area (TPSA) is 69.6 Å². The number of pyridine rings is 2. The van der Waals surface area contributed by atoms with Crippen LogP contribution in [-0.4, -0.2) is 20.9 Å². The van der Waals surface area contributed by atoms with Gasteiger partial charge in [-0.3, -0.25) is 9.78 Å². The van der Waals surface area contributed by atoms with Gasteiger partial charge in [0.05, 0.1) is 22.7 Å². The monoisotopic (exact) mass is 1810 g/mol. The molecule has 0 aliphatic carbocycles. The molecule has 0 amide bonds. The van der Waals surface area contributed by atoms with Crippen molar-refractivity contribution < 1.29 is 50.1 Å². The Hall–Kier alpha value is -13.3. The maximum atomic E-state index is 10.0. The number of para-hydroxylation sites is 5. The fourth-order valence-electron chi connectivity index (χ4n) is 14.9. The second-order valence-electron chi connectivity index (χ2n) is 27.1. The minimum absolute atomic E-state index is 0. The Morgan fingerprint density at radius 1 is 0.319 bits per heavy atom. The van der Waals surface area contributed by atoms with Gasteiger partial charge in [-0.05, 0) is 202 Å². The number of aliphatic hydroxyl groups is 1. The molecule has 20 rings (SSSR count). The summed E-state index contributed by atoms with van der Waals surface area (Å²) in [4.78, 5) is 23.6. The second kappa shape index (κ2) is 36.0. The number of aliphatic hydroxyl groups excluding tert-OH is 1. The van der Waals surface area contributed by atoms with Crippen LogP contribution in [0.2, 0.25) is 0 Å². The number of allylic oxidation sites excluding steroid dienone is 2. The van der Waals surface area contributed by atoms with Gasteiger partial charge in [-0.1, -0.05) is 273 Å². The normalized spacial score (nSPS) is 10.9. The van der Waals surface area contributed by atoms with Crippen molar-refractivity contribution >= 4 is 126 Å². The van der Waals surface area contributed by atoms with Gasteiger partial charge >= 0.3 is 0 Å². The fraction of sp³-hybridized carbons (Fsp3) is 0.0190. The number of aromatic nitrogens is 2. The minimum Gasteiger partial charge on any atom is -0.512 e. The molecule has 18 aromatic carbocycles. The van der Waals surface area contributed by atoms with Crippen LogP contribution >= 0.6 is 0 Å². The number of anilines is 6. The quantitative estimate of drug-likeness (QED) is 0.0458. The largest absolute Gasteiger partial charge is 0.512 e. The van der Waals surface area contributed by atoms with E-state index in [1.54, 1.807) is 6.20 Å². The average Bonchev–Trinajstić information content (AvgIpc) is 0.697. The van der Waals surface area contributed by atoms with E-state index in [9.17, 15) is 4.79 Å². The van der Waals surface area contributed by atoms with Gasteiger partial charge in [-0.15, -0.1) is 71.8 Å². The van der Waals surface area contributed by atoms with E-state index in [1.807, 2.05) is 91.0 Å². The number of ketones is 1.